The monoisotopic (exact) mass is 310 g/mol. The van der Waals surface area contributed by atoms with Gasteiger partial charge in [0.25, 0.3) is 0 Å². The van der Waals surface area contributed by atoms with Gasteiger partial charge in [0.2, 0.25) is 5.91 Å². The lowest BCUT2D eigenvalue weighted by Crippen LogP contribution is -2.45. The van der Waals surface area contributed by atoms with Crippen molar-refractivity contribution < 1.29 is 4.79 Å². The summed E-state index contributed by atoms with van der Waals surface area (Å²) in [6.45, 7) is 2.73. The second-order valence-electron chi connectivity index (χ2n) is 5.19. The van der Waals surface area contributed by atoms with Gasteiger partial charge in [-0.25, -0.2) is 0 Å². The zero-order valence-corrected chi connectivity index (χ0v) is 12.4. The zero-order chi connectivity index (χ0) is 13.3. The predicted molar refractivity (Wildman–Crippen MR) is 76.1 cm³/mol. The highest BCUT2D eigenvalue weighted by atomic mass is 79.9. The van der Waals surface area contributed by atoms with E-state index in [2.05, 4.69) is 35.0 Å². The fourth-order valence-electron chi connectivity index (χ4n) is 2.32. The topological polar surface area (TPSA) is 46.3 Å². The molecular formula is C14H19BrN2O. The fourth-order valence-corrected chi connectivity index (χ4v) is 2.73. The molecule has 1 fully saturated rings. The number of aryl methyl sites for hydroxylation is 1. The van der Waals surface area contributed by atoms with Crippen LogP contribution in [0.2, 0.25) is 0 Å². The molecule has 0 saturated heterocycles. The van der Waals surface area contributed by atoms with E-state index < -0.39 is 0 Å². The highest BCUT2D eigenvalue weighted by Crippen LogP contribution is 2.28. The number of carbonyl (C=O) groups is 1. The molecule has 2 N–H and O–H groups in total. The molecule has 0 aliphatic heterocycles. The van der Waals surface area contributed by atoms with Gasteiger partial charge in [-0.1, -0.05) is 22.0 Å². The van der Waals surface area contributed by atoms with E-state index in [1.807, 2.05) is 18.0 Å². The predicted octanol–water partition coefficient (Wildman–Crippen LogP) is 2.45. The Hall–Kier alpha value is -0.870. The van der Waals surface area contributed by atoms with E-state index in [4.69, 9.17) is 5.73 Å². The van der Waals surface area contributed by atoms with E-state index >= 15 is 0 Å². The summed E-state index contributed by atoms with van der Waals surface area (Å²) in [5.41, 5.74) is 8.12. The molecule has 1 aliphatic carbocycles. The van der Waals surface area contributed by atoms with E-state index in [-0.39, 0.29) is 17.9 Å². The molecule has 98 valence electrons. The normalized spacial score (nSPS) is 22.4. The Bertz CT molecular complexity index is 455. The smallest absolute Gasteiger partial charge is 0.225 e. The number of carbonyl (C=O) groups excluding carboxylic acids is 1. The fraction of sp³-hybridized carbons (Fsp3) is 0.500. The third kappa shape index (κ3) is 2.93. The molecule has 4 heteroatoms. The van der Waals surface area contributed by atoms with Crippen LogP contribution in [0, 0.1) is 12.8 Å². The molecule has 0 heterocycles. The van der Waals surface area contributed by atoms with Gasteiger partial charge in [0.1, 0.15) is 0 Å². The first-order valence-electron chi connectivity index (χ1n) is 6.23. The summed E-state index contributed by atoms with van der Waals surface area (Å²) in [4.78, 5) is 13.9. The molecule has 1 aliphatic rings. The van der Waals surface area contributed by atoms with Gasteiger partial charge in [-0.15, -0.1) is 0 Å². The van der Waals surface area contributed by atoms with Crippen LogP contribution in [0.1, 0.15) is 24.0 Å². The van der Waals surface area contributed by atoms with Crippen molar-refractivity contribution in [2.75, 3.05) is 7.05 Å². The number of rotatable bonds is 3. The first-order valence-corrected chi connectivity index (χ1v) is 7.02. The molecule has 18 heavy (non-hydrogen) atoms. The average Bonchev–Trinajstić information content (AvgIpc) is 2.29. The average molecular weight is 311 g/mol. The van der Waals surface area contributed by atoms with Crippen molar-refractivity contribution in [2.45, 2.75) is 32.4 Å². The quantitative estimate of drug-likeness (QED) is 0.932. The number of benzene rings is 1. The second kappa shape index (κ2) is 5.41. The summed E-state index contributed by atoms with van der Waals surface area (Å²) >= 11 is 3.46. The second-order valence-corrected chi connectivity index (χ2v) is 6.11. The van der Waals surface area contributed by atoms with Crippen LogP contribution in [0.4, 0.5) is 0 Å². The number of amides is 1. The Morgan fingerprint density at radius 2 is 2.17 bits per heavy atom. The van der Waals surface area contributed by atoms with Gasteiger partial charge >= 0.3 is 0 Å². The summed E-state index contributed by atoms with van der Waals surface area (Å²) in [5, 5.41) is 0. The van der Waals surface area contributed by atoms with E-state index in [1.165, 1.54) is 11.1 Å². The lowest BCUT2D eigenvalue weighted by atomic mass is 9.80. The summed E-state index contributed by atoms with van der Waals surface area (Å²) in [5.74, 6) is 0.355. The van der Waals surface area contributed by atoms with Crippen LogP contribution < -0.4 is 5.73 Å². The first kappa shape index (κ1) is 13.6. The number of hydrogen-bond donors (Lipinski definition) is 1. The third-order valence-electron chi connectivity index (χ3n) is 3.62. The van der Waals surface area contributed by atoms with E-state index in [0.717, 1.165) is 17.3 Å². The molecule has 1 saturated carbocycles. The van der Waals surface area contributed by atoms with Crippen LogP contribution in [-0.2, 0) is 11.3 Å². The van der Waals surface area contributed by atoms with Crippen LogP contribution in [-0.4, -0.2) is 23.9 Å². The van der Waals surface area contributed by atoms with Crippen molar-refractivity contribution in [2.24, 2.45) is 11.7 Å². The number of nitrogens with two attached hydrogens (primary N) is 1. The van der Waals surface area contributed by atoms with Gasteiger partial charge in [0.15, 0.2) is 0 Å². The van der Waals surface area contributed by atoms with Crippen molar-refractivity contribution in [1.29, 1.82) is 0 Å². The molecule has 2 rings (SSSR count). The number of halogens is 1. The van der Waals surface area contributed by atoms with Crippen LogP contribution >= 0.6 is 15.9 Å². The van der Waals surface area contributed by atoms with E-state index in [0.29, 0.717) is 6.54 Å². The Morgan fingerprint density at radius 3 is 2.78 bits per heavy atom. The van der Waals surface area contributed by atoms with Gasteiger partial charge < -0.3 is 10.6 Å². The Kier molecular flexibility index (Phi) is 4.07. The Morgan fingerprint density at radius 1 is 1.50 bits per heavy atom. The molecule has 0 spiro atoms. The van der Waals surface area contributed by atoms with E-state index in [9.17, 15) is 4.79 Å². The van der Waals surface area contributed by atoms with Crippen molar-refractivity contribution in [3.63, 3.8) is 0 Å². The highest BCUT2D eigenvalue weighted by Gasteiger charge is 2.33. The standard InChI is InChI=1S/C14H19BrN2O/c1-9-3-4-12(15)5-11(9)8-17(2)14(18)10-6-13(16)7-10/h3-5,10,13H,6-8,16H2,1-2H3. The lowest BCUT2D eigenvalue weighted by Gasteiger charge is -2.34. The van der Waals surface area contributed by atoms with Gasteiger partial charge in [-0.2, -0.15) is 0 Å². The van der Waals surface area contributed by atoms with Crippen molar-refractivity contribution in [3.05, 3.63) is 33.8 Å². The molecule has 0 unspecified atom stereocenters. The molecule has 1 aromatic carbocycles. The van der Waals surface area contributed by atoms with Gasteiger partial charge in [-0.05, 0) is 43.0 Å². The summed E-state index contributed by atoms with van der Waals surface area (Å²) in [6, 6.07) is 6.38. The summed E-state index contributed by atoms with van der Waals surface area (Å²) < 4.78 is 1.05. The minimum atomic E-state index is 0.137. The maximum atomic E-state index is 12.1. The first-order chi connectivity index (χ1) is 8.47. The summed E-state index contributed by atoms with van der Waals surface area (Å²) in [6.07, 6.45) is 1.67. The maximum absolute atomic E-state index is 12.1. The van der Waals surface area contributed by atoms with E-state index in [1.54, 1.807) is 0 Å². The largest absolute Gasteiger partial charge is 0.341 e. The SMILES string of the molecule is Cc1ccc(Br)cc1CN(C)C(=O)C1CC(N)C1. The minimum absolute atomic E-state index is 0.137. The molecular weight excluding hydrogens is 292 g/mol. The highest BCUT2D eigenvalue weighted by molar-refractivity contribution is 9.10. The van der Waals surface area contributed by atoms with Gasteiger partial charge in [0, 0.05) is 30.0 Å². The molecule has 0 atom stereocenters. The van der Waals surface area contributed by atoms with Crippen LogP contribution in [0.15, 0.2) is 22.7 Å². The van der Waals surface area contributed by atoms with Crippen LogP contribution in [0.5, 0.6) is 0 Å². The molecule has 3 nitrogen and oxygen atoms in total. The molecule has 0 radical (unpaired) electrons. The minimum Gasteiger partial charge on any atom is -0.341 e. The third-order valence-corrected chi connectivity index (χ3v) is 4.11. The van der Waals surface area contributed by atoms with Crippen molar-refractivity contribution >= 4 is 21.8 Å². The lowest BCUT2D eigenvalue weighted by molar-refractivity contribution is -0.137. The number of nitrogens with zero attached hydrogens (tertiary/aromatic N) is 1. The zero-order valence-electron chi connectivity index (χ0n) is 10.8. The van der Waals surface area contributed by atoms with Crippen LogP contribution in [0.3, 0.4) is 0 Å². The van der Waals surface area contributed by atoms with Crippen LogP contribution in [0.25, 0.3) is 0 Å². The van der Waals surface area contributed by atoms with Gasteiger partial charge in [0.05, 0.1) is 0 Å². The van der Waals surface area contributed by atoms with Crippen molar-refractivity contribution in [3.8, 4) is 0 Å². The Labute approximate surface area is 116 Å². The van der Waals surface area contributed by atoms with Gasteiger partial charge in [-0.3, -0.25) is 4.79 Å². The number of hydrogen-bond acceptors (Lipinski definition) is 2. The maximum Gasteiger partial charge on any atom is 0.225 e. The summed E-state index contributed by atoms with van der Waals surface area (Å²) in [7, 11) is 1.87. The molecule has 0 bridgehead atoms. The Balaban J connectivity index is 2.00. The van der Waals surface area contributed by atoms with Crippen molar-refractivity contribution in [1.82, 2.24) is 4.90 Å². The molecule has 1 amide bonds. The molecule has 1 aromatic rings. The molecule has 0 aromatic heterocycles.